The van der Waals surface area contributed by atoms with E-state index in [9.17, 15) is 14.4 Å². The SMILES string of the molecule is CCC[C@H](N)C(=O)N[C@H]1CC[C@H]2CC[C@@H](C(=O)N=Cc3ccccc3)N2C1=O. The van der Waals surface area contributed by atoms with Crippen molar-refractivity contribution >= 4 is 23.9 Å². The first-order valence-electron chi connectivity index (χ1n) is 10.0. The molecule has 4 atom stereocenters. The van der Waals surface area contributed by atoms with Crippen molar-refractivity contribution in [1.82, 2.24) is 10.2 Å². The van der Waals surface area contributed by atoms with Gasteiger partial charge in [-0.1, -0.05) is 43.7 Å². The summed E-state index contributed by atoms with van der Waals surface area (Å²) in [5.74, 6) is -0.809. The summed E-state index contributed by atoms with van der Waals surface area (Å²) in [6.45, 7) is 1.96. The normalized spacial score (nSPS) is 25.6. The molecule has 3 N–H and O–H groups in total. The maximum absolute atomic E-state index is 13.0. The van der Waals surface area contributed by atoms with Gasteiger partial charge in [0.1, 0.15) is 12.1 Å². The van der Waals surface area contributed by atoms with Gasteiger partial charge in [-0.2, -0.15) is 0 Å². The minimum atomic E-state index is -0.613. The van der Waals surface area contributed by atoms with Crippen LogP contribution in [0.2, 0.25) is 0 Å². The van der Waals surface area contributed by atoms with Crippen LogP contribution in [0.4, 0.5) is 0 Å². The second-order valence-electron chi connectivity index (χ2n) is 7.53. The van der Waals surface area contributed by atoms with Gasteiger partial charge in [0.2, 0.25) is 11.8 Å². The fourth-order valence-electron chi connectivity index (χ4n) is 4.02. The highest BCUT2D eigenvalue weighted by molar-refractivity contribution is 5.98. The first kappa shape index (κ1) is 20.2. The van der Waals surface area contributed by atoms with Crippen molar-refractivity contribution < 1.29 is 14.4 Å². The Bertz CT molecular complexity index is 749. The molecule has 0 radical (unpaired) electrons. The zero-order chi connectivity index (χ0) is 20.1. The maximum Gasteiger partial charge on any atom is 0.268 e. The van der Waals surface area contributed by atoms with Crippen LogP contribution < -0.4 is 11.1 Å². The third kappa shape index (κ3) is 4.47. The van der Waals surface area contributed by atoms with Gasteiger partial charge in [-0.15, -0.1) is 0 Å². The quantitative estimate of drug-likeness (QED) is 0.723. The van der Waals surface area contributed by atoms with E-state index in [0.29, 0.717) is 19.3 Å². The number of hydrogen-bond donors (Lipinski definition) is 2. The molecule has 0 unspecified atom stereocenters. The van der Waals surface area contributed by atoms with Crippen molar-refractivity contribution in [3.63, 3.8) is 0 Å². The largest absolute Gasteiger partial charge is 0.343 e. The van der Waals surface area contributed by atoms with Crippen LogP contribution in [0, 0.1) is 0 Å². The van der Waals surface area contributed by atoms with Crippen LogP contribution in [0.15, 0.2) is 35.3 Å². The van der Waals surface area contributed by atoms with Gasteiger partial charge in [-0.3, -0.25) is 14.4 Å². The van der Waals surface area contributed by atoms with E-state index in [1.807, 2.05) is 37.3 Å². The molecule has 28 heavy (non-hydrogen) atoms. The number of hydrogen-bond acceptors (Lipinski definition) is 4. The van der Waals surface area contributed by atoms with E-state index < -0.39 is 18.1 Å². The molecule has 0 bridgehead atoms. The third-order valence-corrected chi connectivity index (χ3v) is 5.52. The van der Waals surface area contributed by atoms with E-state index in [2.05, 4.69) is 10.3 Å². The third-order valence-electron chi connectivity index (χ3n) is 5.52. The number of fused-ring (bicyclic) bond motifs is 1. The number of aliphatic imine (C=N–C) groups is 1. The van der Waals surface area contributed by atoms with Gasteiger partial charge >= 0.3 is 0 Å². The second kappa shape index (κ2) is 9.10. The van der Waals surface area contributed by atoms with Gasteiger partial charge in [0, 0.05) is 12.3 Å². The summed E-state index contributed by atoms with van der Waals surface area (Å²) in [6.07, 6.45) is 5.67. The number of nitrogens with one attached hydrogen (secondary N) is 1. The van der Waals surface area contributed by atoms with Crippen molar-refractivity contribution in [2.45, 2.75) is 69.6 Å². The van der Waals surface area contributed by atoms with Crippen LogP contribution >= 0.6 is 0 Å². The van der Waals surface area contributed by atoms with E-state index in [4.69, 9.17) is 5.73 Å². The Labute approximate surface area is 165 Å². The number of amides is 3. The lowest BCUT2D eigenvalue weighted by Gasteiger charge is -2.37. The number of piperidine rings is 1. The Balaban J connectivity index is 1.66. The Hall–Kier alpha value is -2.54. The van der Waals surface area contributed by atoms with Crippen LogP contribution in [-0.2, 0) is 14.4 Å². The summed E-state index contributed by atoms with van der Waals surface area (Å²) < 4.78 is 0. The molecule has 3 amide bonds. The molecule has 150 valence electrons. The minimum absolute atomic E-state index is 0.0471. The van der Waals surface area contributed by atoms with E-state index in [1.54, 1.807) is 4.90 Å². The molecule has 1 aromatic carbocycles. The Kier molecular flexibility index (Phi) is 6.57. The highest BCUT2D eigenvalue weighted by Crippen LogP contribution is 2.33. The number of rotatable bonds is 6. The van der Waals surface area contributed by atoms with Gasteiger partial charge in [0.05, 0.1) is 6.04 Å². The lowest BCUT2D eigenvalue weighted by atomic mass is 9.97. The molecule has 7 heteroatoms. The summed E-state index contributed by atoms with van der Waals surface area (Å²) in [6, 6.07) is 7.65. The van der Waals surface area contributed by atoms with Crippen molar-refractivity contribution in [2.24, 2.45) is 10.7 Å². The molecule has 2 aliphatic rings. The zero-order valence-electron chi connectivity index (χ0n) is 16.2. The molecule has 2 fully saturated rings. The standard InChI is InChI=1S/C21H28N4O3/c1-2-6-16(22)19(26)24-17-11-9-15-10-12-18(25(15)21(17)28)20(27)23-13-14-7-4-3-5-8-14/h3-5,7-8,13,15-18H,2,6,9-12,22H2,1H3,(H,24,26)/t15-,16-,17-,18-/m0/s1. The molecule has 0 spiro atoms. The van der Waals surface area contributed by atoms with E-state index >= 15 is 0 Å². The molecular weight excluding hydrogens is 356 g/mol. The molecule has 0 aromatic heterocycles. The van der Waals surface area contributed by atoms with Crippen LogP contribution in [0.3, 0.4) is 0 Å². The van der Waals surface area contributed by atoms with E-state index in [1.165, 1.54) is 6.21 Å². The highest BCUT2D eigenvalue weighted by Gasteiger charge is 2.46. The Morgan fingerprint density at radius 3 is 2.68 bits per heavy atom. The molecule has 2 heterocycles. The highest BCUT2D eigenvalue weighted by atomic mass is 16.2. The topological polar surface area (TPSA) is 105 Å². The van der Waals surface area contributed by atoms with Crippen LogP contribution in [0.1, 0.15) is 51.0 Å². The summed E-state index contributed by atoms with van der Waals surface area (Å²) >= 11 is 0. The van der Waals surface area contributed by atoms with Gasteiger partial charge in [0.25, 0.3) is 5.91 Å². The lowest BCUT2D eigenvalue weighted by Crippen LogP contribution is -2.59. The lowest BCUT2D eigenvalue weighted by molar-refractivity contribution is -0.145. The average molecular weight is 384 g/mol. The number of benzene rings is 1. The van der Waals surface area contributed by atoms with Crippen molar-refractivity contribution in [3.8, 4) is 0 Å². The van der Waals surface area contributed by atoms with E-state index in [-0.39, 0.29) is 23.8 Å². The maximum atomic E-state index is 13.0. The van der Waals surface area contributed by atoms with Crippen molar-refractivity contribution in [2.75, 3.05) is 0 Å². The molecule has 7 nitrogen and oxygen atoms in total. The average Bonchev–Trinajstić information content (AvgIpc) is 3.14. The van der Waals surface area contributed by atoms with Crippen molar-refractivity contribution in [1.29, 1.82) is 0 Å². The minimum Gasteiger partial charge on any atom is -0.343 e. The summed E-state index contributed by atoms with van der Waals surface area (Å²) in [7, 11) is 0. The molecular formula is C21H28N4O3. The first-order chi connectivity index (χ1) is 13.5. The van der Waals surface area contributed by atoms with E-state index in [0.717, 1.165) is 24.8 Å². The van der Waals surface area contributed by atoms with Crippen LogP contribution in [0.5, 0.6) is 0 Å². The van der Waals surface area contributed by atoms with Gasteiger partial charge in [-0.25, -0.2) is 4.99 Å². The smallest absolute Gasteiger partial charge is 0.268 e. The molecule has 3 rings (SSSR count). The van der Waals surface area contributed by atoms with Gasteiger partial charge in [-0.05, 0) is 37.7 Å². The summed E-state index contributed by atoms with van der Waals surface area (Å²) in [5, 5.41) is 2.78. The van der Waals surface area contributed by atoms with Crippen LogP contribution in [0.25, 0.3) is 0 Å². The predicted octanol–water partition coefficient (Wildman–Crippen LogP) is 1.40. The van der Waals surface area contributed by atoms with Crippen LogP contribution in [-0.4, -0.2) is 53.0 Å². The van der Waals surface area contributed by atoms with Gasteiger partial charge in [0.15, 0.2) is 0 Å². The zero-order valence-corrected chi connectivity index (χ0v) is 16.2. The molecule has 2 aliphatic heterocycles. The number of carbonyl (C=O) groups is 3. The Morgan fingerprint density at radius 2 is 1.96 bits per heavy atom. The molecule has 2 saturated heterocycles. The molecule has 1 aromatic rings. The molecule has 0 aliphatic carbocycles. The first-order valence-corrected chi connectivity index (χ1v) is 10.0. The summed E-state index contributed by atoms with van der Waals surface area (Å²) in [5.41, 5.74) is 6.70. The fraction of sp³-hybridized carbons (Fsp3) is 0.524. The predicted molar refractivity (Wildman–Crippen MR) is 107 cm³/mol. The fourth-order valence-corrected chi connectivity index (χ4v) is 4.02. The second-order valence-corrected chi connectivity index (χ2v) is 7.53. The van der Waals surface area contributed by atoms with Crippen molar-refractivity contribution in [3.05, 3.63) is 35.9 Å². The molecule has 0 saturated carbocycles. The number of carbonyl (C=O) groups excluding carboxylic acids is 3. The number of nitrogens with zero attached hydrogens (tertiary/aromatic N) is 2. The Morgan fingerprint density at radius 1 is 1.25 bits per heavy atom. The number of nitrogens with two attached hydrogens (primary N) is 1. The monoisotopic (exact) mass is 384 g/mol. The van der Waals surface area contributed by atoms with Gasteiger partial charge < -0.3 is 16.0 Å². The summed E-state index contributed by atoms with van der Waals surface area (Å²) in [4.78, 5) is 43.6.